The number of rotatable bonds is 7. The van der Waals surface area contributed by atoms with Gasteiger partial charge in [0.15, 0.2) is 5.76 Å². The number of ether oxygens (including phenoxy) is 1. The summed E-state index contributed by atoms with van der Waals surface area (Å²) in [5.41, 5.74) is 0. The van der Waals surface area contributed by atoms with Crippen molar-refractivity contribution in [2.45, 2.75) is 4.90 Å². The number of hydrogen-bond donors (Lipinski definition) is 1. The van der Waals surface area contributed by atoms with Gasteiger partial charge in [-0.15, -0.1) is 0 Å². The van der Waals surface area contributed by atoms with Crippen LogP contribution in [-0.4, -0.2) is 69.9 Å². The molecule has 0 bridgehead atoms. The van der Waals surface area contributed by atoms with Crippen molar-refractivity contribution in [3.05, 3.63) is 48.4 Å². The molecule has 0 saturated carbocycles. The fraction of sp³-hybridized carbons (Fsp3) is 0.389. The minimum Gasteiger partial charge on any atom is -0.497 e. The van der Waals surface area contributed by atoms with Crippen LogP contribution in [0.25, 0.3) is 0 Å². The molecule has 146 valence electrons. The Morgan fingerprint density at radius 2 is 1.85 bits per heavy atom. The summed E-state index contributed by atoms with van der Waals surface area (Å²) >= 11 is 0. The van der Waals surface area contributed by atoms with Crippen molar-refractivity contribution in [3.8, 4) is 5.75 Å². The van der Waals surface area contributed by atoms with Gasteiger partial charge >= 0.3 is 0 Å². The van der Waals surface area contributed by atoms with E-state index in [0.717, 1.165) is 0 Å². The van der Waals surface area contributed by atoms with Gasteiger partial charge in [-0.25, -0.2) is 8.42 Å². The Hall–Kier alpha value is -2.36. The molecule has 1 N–H and O–H groups in total. The van der Waals surface area contributed by atoms with E-state index in [1.54, 1.807) is 43.5 Å². The van der Waals surface area contributed by atoms with E-state index in [1.807, 2.05) is 0 Å². The highest BCUT2D eigenvalue weighted by atomic mass is 32.2. The third kappa shape index (κ3) is 4.68. The van der Waals surface area contributed by atoms with E-state index in [-0.39, 0.29) is 16.6 Å². The van der Waals surface area contributed by atoms with Crippen molar-refractivity contribution in [3.63, 3.8) is 0 Å². The maximum Gasteiger partial charge on any atom is 0.287 e. The highest BCUT2D eigenvalue weighted by Crippen LogP contribution is 2.20. The largest absolute Gasteiger partial charge is 0.497 e. The Morgan fingerprint density at radius 3 is 2.44 bits per heavy atom. The van der Waals surface area contributed by atoms with Crippen LogP contribution in [0.1, 0.15) is 10.6 Å². The highest BCUT2D eigenvalue weighted by Gasteiger charge is 2.28. The van der Waals surface area contributed by atoms with E-state index in [1.165, 1.54) is 10.6 Å². The molecule has 0 aliphatic carbocycles. The molecular formula is C18H23N3O5S. The van der Waals surface area contributed by atoms with Crippen LogP contribution in [0.4, 0.5) is 0 Å². The maximum absolute atomic E-state index is 12.7. The number of carbonyl (C=O) groups excluding carboxylic acids is 1. The quantitative estimate of drug-likeness (QED) is 0.755. The first-order valence-corrected chi connectivity index (χ1v) is 10.1. The molecule has 2 heterocycles. The summed E-state index contributed by atoms with van der Waals surface area (Å²) in [6, 6.07) is 9.68. The standard InChI is InChI=1S/C18H23N3O5S/c1-25-15-4-6-16(7-5-15)27(23,24)21-12-10-20(11-13-21)9-8-19-18(22)17-3-2-14-26-17/h2-7,14H,8-13H2,1H3,(H,19,22). The van der Waals surface area contributed by atoms with Crippen LogP contribution in [0.15, 0.2) is 52.0 Å². The fourth-order valence-electron chi connectivity index (χ4n) is 2.91. The van der Waals surface area contributed by atoms with Gasteiger partial charge in [0.25, 0.3) is 5.91 Å². The number of nitrogens with one attached hydrogen (secondary N) is 1. The number of amides is 1. The molecule has 9 heteroatoms. The number of nitrogens with zero attached hydrogens (tertiary/aromatic N) is 2. The number of sulfonamides is 1. The van der Waals surface area contributed by atoms with E-state index in [0.29, 0.717) is 45.0 Å². The van der Waals surface area contributed by atoms with Crippen LogP contribution in [0.5, 0.6) is 5.75 Å². The first-order valence-electron chi connectivity index (χ1n) is 8.69. The van der Waals surface area contributed by atoms with Gasteiger partial charge in [-0.1, -0.05) is 0 Å². The summed E-state index contributed by atoms with van der Waals surface area (Å²) in [5.74, 6) is 0.654. The molecular weight excluding hydrogens is 370 g/mol. The summed E-state index contributed by atoms with van der Waals surface area (Å²) in [7, 11) is -1.96. The summed E-state index contributed by atoms with van der Waals surface area (Å²) in [6.45, 7) is 3.20. The summed E-state index contributed by atoms with van der Waals surface area (Å²) in [5, 5.41) is 2.79. The third-order valence-electron chi connectivity index (χ3n) is 4.49. The van der Waals surface area contributed by atoms with Crippen molar-refractivity contribution in [2.75, 3.05) is 46.4 Å². The molecule has 1 aliphatic rings. The first-order chi connectivity index (χ1) is 13.0. The highest BCUT2D eigenvalue weighted by molar-refractivity contribution is 7.89. The minimum absolute atomic E-state index is 0.249. The van der Waals surface area contributed by atoms with Gasteiger partial charge in [-0.05, 0) is 36.4 Å². The average molecular weight is 393 g/mol. The Bertz CT molecular complexity index is 842. The Balaban J connectivity index is 1.47. The SMILES string of the molecule is COc1ccc(S(=O)(=O)N2CCN(CCNC(=O)c3ccco3)CC2)cc1. The molecule has 1 aliphatic heterocycles. The lowest BCUT2D eigenvalue weighted by atomic mass is 10.3. The normalized spacial score (nSPS) is 16.2. The topological polar surface area (TPSA) is 92.1 Å². The van der Waals surface area contributed by atoms with E-state index in [4.69, 9.17) is 9.15 Å². The van der Waals surface area contributed by atoms with Gasteiger partial charge in [0.1, 0.15) is 5.75 Å². The number of methoxy groups -OCH3 is 1. The zero-order valence-corrected chi connectivity index (χ0v) is 15.9. The van der Waals surface area contributed by atoms with Gasteiger partial charge in [0.2, 0.25) is 10.0 Å². The second-order valence-corrected chi connectivity index (χ2v) is 8.09. The van der Waals surface area contributed by atoms with E-state index >= 15 is 0 Å². The van der Waals surface area contributed by atoms with E-state index in [9.17, 15) is 13.2 Å². The number of furan rings is 1. The van der Waals surface area contributed by atoms with E-state index < -0.39 is 10.0 Å². The third-order valence-corrected chi connectivity index (χ3v) is 6.40. The molecule has 1 fully saturated rings. The van der Waals surface area contributed by atoms with Gasteiger partial charge in [0.05, 0.1) is 18.3 Å². The molecule has 1 aromatic heterocycles. The van der Waals surface area contributed by atoms with Crippen molar-refractivity contribution in [1.29, 1.82) is 0 Å². The molecule has 2 aromatic rings. The second-order valence-electron chi connectivity index (χ2n) is 6.15. The number of hydrogen-bond acceptors (Lipinski definition) is 6. The maximum atomic E-state index is 12.7. The zero-order chi connectivity index (χ0) is 19.3. The molecule has 8 nitrogen and oxygen atoms in total. The second kappa shape index (κ2) is 8.55. The number of carbonyl (C=O) groups is 1. The lowest BCUT2D eigenvalue weighted by Gasteiger charge is -2.33. The summed E-state index contributed by atoms with van der Waals surface area (Å²) < 4.78 is 37.1. The van der Waals surface area contributed by atoms with Gasteiger partial charge in [-0.3, -0.25) is 9.69 Å². The van der Waals surface area contributed by atoms with Crippen LogP contribution < -0.4 is 10.1 Å². The number of benzene rings is 1. The number of piperazine rings is 1. The predicted molar refractivity (Wildman–Crippen MR) is 99.2 cm³/mol. The van der Waals surface area contributed by atoms with Gasteiger partial charge in [0, 0.05) is 39.3 Å². The van der Waals surface area contributed by atoms with Crippen molar-refractivity contribution in [2.24, 2.45) is 0 Å². The smallest absolute Gasteiger partial charge is 0.287 e. The van der Waals surface area contributed by atoms with Crippen LogP contribution in [0.2, 0.25) is 0 Å². The zero-order valence-electron chi connectivity index (χ0n) is 15.1. The van der Waals surface area contributed by atoms with Crippen LogP contribution in [-0.2, 0) is 10.0 Å². The predicted octanol–water partition coefficient (Wildman–Crippen LogP) is 1.02. The van der Waals surface area contributed by atoms with Gasteiger partial charge < -0.3 is 14.5 Å². The molecule has 1 amide bonds. The Labute approximate surface area is 158 Å². The lowest BCUT2D eigenvalue weighted by Crippen LogP contribution is -2.50. The Kier molecular flexibility index (Phi) is 6.15. The van der Waals surface area contributed by atoms with Crippen molar-refractivity contribution < 1.29 is 22.4 Å². The van der Waals surface area contributed by atoms with E-state index in [2.05, 4.69) is 10.2 Å². The summed E-state index contributed by atoms with van der Waals surface area (Å²) in [4.78, 5) is 14.2. The molecule has 1 saturated heterocycles. The molecule has 0 spiro atoms. The summed E-state index contributed by atoms with van der Waals surface area (Å²) in [6.07, 6.45) is 1.46. The fourth-order valence-corrected chi connectivity index (χ4v) is 4.33. The Morgan fingerprint density at radius 1 is 1.15 bits per heavy atom. The monoisotopic (exact) mass is 393 g/mol. The minimum atomic E-state index is -3.51. The van der Waals surface area contributed by atoms with Crippen LogP contribution in [0, 0.1) is 0 Å². The molecule has 0 unspecified atom stereocenters. The van der Waals surface area contributed by atoms with Crippen LogP contribution >= 0.6 is 0 Å². The molecule has 27 heavy (non-hydrogen) atoms. The molecule has 0 radical (unpaired) electrons. The van der Waals surface area contributed by atoms with Crippen molar-refractivity contribution in [1.82, 2.24) is 14.5 Å². The first kappa shape index (κ1) is 19.4. The lowest BCUT2D eigenvalue weighted by molar-refractivity contribution is 0.0917. The molecule has 1 aromatic carbocycles. The van der Waals surface area contributed by atoms with Gasteiger partial charge in [-0.2, -0.15) is 4.31 Å². The average Bonchev–Trinajstić information content (AvgIpc) is 3.23. The van der Waals surface area contributed by atoms with Crippen LogP contribution in [0.3, 0.4) is 0 Å². The molecule has 3 rings (SSSR count). The molecule has 0 atom stereocenters. The van der Waals surface area contributed by atoms with Crippen molar-refractivity contribution >= 4 is 15.9 Å².